The Morgan fingerprint density at radius 2 is 2.18 bits per heavy atom. The van der Waals surface area contributed by atoms with E-state index in [-0.39, 0.29) is 0 Å². The molecule has 0 radical (unpaired) electrons. The summed E-state index contributed by atoms with van der Waals surface area (Å²) in [5, 5.41) is 6.71. The molecule has 0 spiro atoms. The number of nitrogens with zero attached hydrogens (tertiary/aromatic N) is 2. The van der Waals surface area contributed by atoms with E-state index in [9.17, 15) is 0 Å². The molecule has 6 nitrogen and oxygen atoms in total. The van der Waals surface area contributed by atoms with Gasteiger partial charge in [0.05, 0.1) is 6.61 Å². The van der Waals surface area contributed by atoms with Crippen LogP contribution in [0.4, 0.5) is 0 Å². The van der Waals surface area contributed by atoms with Gasteiger partial charge in [-0.15, -0.1) is 0 Å². The first-order chi connectivity index (χ1) is 10.8. The predicted octanol–water partition coefficient (Wildman–Crippen LogP) is 1.49. The molecule has 2 N–H and O–H groups in total. The molecule has 0 bridgehead atoms. The van der Waals surface area contributed by atoms with Crippen LogP contribution in [0.5, 0.6) is 5.88 Å². The molecule has 1 aliphatic rings. The monoisotopic (exact) mass is 304 g/mol. The third-order valence-corrected chi connectivity index (χ3v) is 3.39. The number of hydrogen-bond acceptors (Lipinski definition) is 4. The van der Waals surface area contributed by atoms with E-state index in [0.29, 0.717) is 31.7 Å². The summed E-state index contributed by atoms with van der Waals surface area (Å²) in [4.78, 5) is 8.53. The molecule has 0 atom stereocenters. The zero-order valence-corrected chi connectivity index (χ0v) is 13.2. The molecule has 0 aliphatic heterocycles. The second-order valence-electron chi connectivity index (χ2n) is 5.02. The van der Waals surface area contributed by atoms with E-state index in [4.69, 9.17) is 9.47 Å². The summed E-state index contributed by atoms with van der Waals surface area (Å²) in [6.07, 6.45) is 8.18. The quantitative estimate of drug-likeness (QED) is 0.346. The average molecular weight is 304 g/mol. The number of methoxy groups -OCH3 is 1. The summed E-state index contributed by atoms with van der Waals surface area (Å²) in [5.41, 5.74) is 0.992. The van der Waals surface area contributed by atoms with E-state index in [1.54, 1.807) is 20.4 Å². The zero-order chi connectivity index (χ0) is 15.6. The number of nitrogens with one attached hydrogen (secondary N) is 2. The summed E-state index contributed by atoms with van der Waals surface area (Å²) in [6.45, 7) is 1.64. The Morgan fingerprint density at radius 1 is 1.36 bits per heavy atom. The van der Waals surface area contributed by atoms with Crippen molar-refractivity contribution >= 4 is 5.96 Å². The lowest BCUT2D eigenvalue weighted by Gasteiger charge is -2.17. The minimum absolute atomic E-state index is 0.428. The SMILES string of the molecule is CN=C(NCc1cccnc1OCCOC)NC1CC=CC1. The van der Waals surface area contributed by atoms with E-state index in [1.165, 1.54) is 0 Å². The van der Waals surface area contributed by atoms with E-state index >= 15 is 0 Å². The number of ether oxygens (including phenoxy) is 2. The van der Waals surface area contributed by atoms with E-state index in [0.717, 1.165) is 24.4 Å². The van der Waals surface area contributed by atoms with Crippen LogP contribution >= 0.6 is 0 Å². The summed E-state index contributed by atoms with van der Waals surface area (Å²) in [5.74, 6) is 1.42. The standard InChI is InChI=1S/C16H24N4O2/c1-17-16(20-14-7-3-4-8-14)19-12-13-6-5-9-18-15(13)22-11-10-21-2/h3-6,9,14H,7-8,10-12H2,1-2H3,(H2,17,19,20). The van der Waals surface area contributed by atoms with Gasteiger partial charge in [0.2, 0.25) is 5.88 Å². The third-order valence-electron chi connectivity index (χ3n) is 3.39. The summed E-state index contributed by atoms with van der Waals surface area (Å²) in [6, 6.07) is 4.32. The van der Waals surface area contributed by atoms with Gasteiger partial charge in [-0.05, 0) is 18.9 Å². The van der Waals surface area contributed by atoms with Crippen molar-refractivity contribution < 1.29 is 9.47 Å². The van der Waals surface area contributed by atoms with Crippen LogP contribution in [0.1, 0.15) is 18.4 Å². The van der Waals surface area contributed by atoms with Gasteiger partial charge in [0.15, 0.2) is 5.96 Å². The zero-order valence-electron chi connectivity index (χ0n) is 13.2. The first-order valence-electron chi connectivity index (χ1n) is 7.51. The highest BCUT2D eigenvalue weighted by atomic mass is 16.5. The molecule has 0 saturated carbocycles. The van der Waals surface area contributed by atoms with Crippen LogP contribution in [0, 0.1) is 0 Å². The fourth-order valence-electron chi connectivity index (χ4n) is 2.21. The fourth-order valence-corrected chi connectivity index (χ4v) is 2.21. The Hall–Kier alpha value is -2.08. The van der Waals surface area contributed by atoms with Crippen LogP contribution in [-0.2, 0) is 11.3 Å². The lowest BCUT2D eigenvalue weighted by Crippen LogP contribution is -2.42. The summed E-state index contributed by atoms with van der Waals surface area (Å²) >= 11 is 0. The van der Waals surface area contributed by atoms with Crippen LogP contribution in [0.15, 0.2) is 35.5 Å². The minimum atomic E-state index is 0.428. The van der Waals surface area contributed by atoms with Crippen molar-refractivity contribution in [1.29, 1.82) is 0 Å². The molecule has 1 aliphatic carbocycles. The van der Waals surface area contributed by atoms with Crippen molar-refractivity contribution in [2.75, 3.05) is 27.4 Å². The van der Waals surface area contributed by atoms with Crippen molar-refractivity contribution in [3.05, 3.63) is 36.0 Å². The highest BCUT2D eigenvalue weighted by Crippen LogP contribution is 2.14. The Balaban J connectivity index is 1.86. The lowest BCUT2D eigenvalue weighted by atomic mass is 10.2. The highest BCUT2D eigenvalue weighted by Gasteiger charge is 2.12. The van der Waals surface area contributed by atoms with Gasteiger partial charge in [-0.25, -0.2) is 4.98 Å². The number of aromatic nitrogens is 1. The molecule has 0 saturated heterocycles. The normalized spacial score (nSPS) is 15.1. The van der Waals surface area contributed by atoms with Gasteiger partial charge in [0.1, 0.15) is 6.61 Å². The van der Waals surface area contributed by atoms with E-state index in [2.05, 4.69) is 32.8 Å². The fraction of sp³-hybridized carbons (Fsp3) is 0.500. The Kier molecular flexibility index (Phi) is 6.70. The number of pyridine rings is 1. The first kappa shape index (κ1) is 16.3. The maximum atomic E-state index is 5.63. The molecule has 0 unspecified atom stereocenters. The maximum Gasteiger partial charge on any atom is 0.218 e. The Labute approximate surface area is 131 Å². The molecular weight excluding hydrogens is 280 g/mol. The second kappa shape index (κ2) is 9.04. The third kappa shape index (κ3) is 5.04. The molecule has 6 heteroatoms. The molecule has 120 valence electrons. The topological polar surface area (TPSA) is 67.8 Å². The molecule has 1 aromatic heterocycles. The van der Waals surface area contributed by atoms with Gasteiger partial charge in [0, 0.05) is 38.5 Å². The maximum absolute atomic E-state index is 5.63. The van der Waals surface area contributed by atoms with Crippen molar-refractivity contribution in [2.45, 2.75) is 25.4 Å². The van der Waals surface area contributed by atoms with Gasteiger partial charge in [-0.2, -0.15) is 0 Å². The summed E-state index contributed by atoms with van der Waals surface area (Å²) < 4.78 is 10.6. The second-order valence-corrected chi connectivity index (χ2v) is 5.02. The first-order valence-corrected chi connectivity index (χ1v) is 7.51. The van der Waals surface area contributed by atoms with Crippen LogP contribution < -0.4 is 15.4 Å². The molecule has 2 rings (SSSR count). The molecule has 0 fully saturated rings. The van der Waals surface area contributed by atoms with E-state index < -0.39 is 0 Å². The number of guanidine groups is 1. The number of rotatable bonds is 7. The number of hydrogen-bond donors (Lipinski definition) is 2. The lowest BCUT2D eigenvalue weighted by molar-refractivity contribution is 0.143. The minimum Gasteiger partial charge on any atom is -0.475 e. The van der Waals surface area contributed by atoms with Crippen molar-refractivity contribution in [2.24, 2.45) is 4.99 Å². The molecule has 1 heterocycles. The van der Waals surface area contributed by atoms with Crippen LogP contribution in [0.25, 0.3) is 0 Å². The van der Waals surface area contributed by atoms with Crippen LogP contribution in [0.2, 0.25) is 0 Å². The molecule has 22 heavy (non-hydrogen) atoms. The van der Waals surface area contributed by atoms with Crippen LogP contribution in [0.3, 0.4) is 0 Å². The van der Waals surface area contributed by atoms with Gasteiger partial charge >= 0.3 is 0 Å². The highest BCUT2D eigenvalue weighted by molar-refractivity contribution is 5.80. The van der Waals surface area contributed by atoms with Gasteiger partial charge in [-0.3, -0.25) is 4.99 Å². The molecule has 0 aromatic carbocycles. The smallest absolute Gasteiger partial charge is 0.218 e. The molecule has 1 aromatic rings. The Bertz CT molecular complexity index is 509. The van der Waals surface area contributed by atoms with Gasteiger partial charge in [-0.1, -0.05) is 18.2 Å². The predicted molar refractivity (Wildman–Crippen MR) is 87.1 cm³/mol. The van der Waals surface area contributed by atoms with E-state index in [1.807, 2.05) is 12.1 Å². The van der Waals surface area contributed by atoms with Gasteiger partial charge in [0.25, 0.3) is 0 Å². The van der Waals surface area contributed by atoms with Crippen molar-refractivity contribution in [3.8, 4) is 5.88 Å². The number of aliphatic imine (C=N–C) groups is 1. The molecule has 0 amide bonds. The van der Waals surface area contributed by atoms with Crippen molar-refractivity contribution in [1.82, 2.24) is 15.6 Å². The Morgan fingerprint density at radius 3 is 2.91 bits per heavy atom. The van der Waals surface area contributed by atoms with Crippen molar-refractivity contribution in [3.63, 3.8) is 0 Å². The summed E-state index contributed by atoms with van der Waals surface area (Å²) in [7, 11) is 3.43. The molecular formula is C16H24N4O2. The van der Waals surface area contributed by atoms with Gasteiger partial charge < -0.3 is 20.1 Å². The largest absolute Gasteiger partial charge is 0.475 e. The average Bonchev–Trinajstić information content (AvgIpc) is 3.06. The van der Waals surface area contributed by atoms with Crippen LogP contribution in [-0.4, -0.2) is 44.4 Å².